The molecule has 0 spiro atoms. The average Bonchev–Trinajstić information content (AvgIpc) is 2.94. The third-order valence-electron chi connectivity index (χ3n) is 2.82. The van der Waals surface area contributed by atoms with E-state index >= 15 is 0 Å². The zero-order valence-electron chi connectivity index (χ0n) is 9.45. The lowest BCUT2D eigenvalue weighted by Gasteiger charge is -2.28. The van der Waals surface area contributed by atoms with Crippen LogP contribution in [0.1, 0.15) is 0 Å². The van der Waals surface area contributed by atoms with Crippen molar-refractivity contribution in [1.29, 1.82) is 0 Å². The molecule has 1 aliphatic heterocycles. The van der Waals surface area contributed by atoms with E-state index in [1.54, 1.807) is 18.7 Å². The summed E-state index contributed by atoms with van der Waals surface area (Å²) in [5, 5.41) is 3.32. The summed E-state index contributed by atoms with van der Waals surface area (Å²) in [5.41, 5.74) is 0. The van der Waals surface area contributed by atoms with Crippen LogP contribution in [0.25, 0.3) is 5.82 Å². The van der Waals surface area contributed by atoms with Gasteiger partial charge in [0.25, 0.3) is 0 Å². The molecule has 1 saturated heterocycles. The van der Waals surface area contributed by atoms with Crippen LogP contribution in [0.2, 0.25) is 0 Å². The lowest BCUT2D eigenvalue weighted by Crippen LogP contribution is -2.44. The van der Waals surface area contributed by atoms with E-state index in [1.807, 2.05) is 17.0 Å². The smallest absolute Gasteiger partial charge is 0.158 e. The molecule has 6 heteroatoms. The zero-order chi connectivity index (χ0) is 11.5. The zero-order valence-corrected chi connectivity index (χ0v) is 9.45. The Labute approximate surface area is 99.3 Å². The van der Waals surface area contributed by atoms with Crippen molar-refractivity contribution in [2.45, 2.75) is 0 Å². The first-order valence-corrected chi connectivity index (χ1v) is 5.69. The molecule has 2 aromatic heterocycles. The summed E-state index contributed by atoms with van der Waals surface area (Å²) in [6, 6.07) is 0. The Hall–Kier alpha value is -1.95. The molecule has 0 bridgehead atoms. The van der Waals surface area contributed by atoms with Crippen LogP contribution in [0.15, 0.2) is 31.1 Å². The second kappa shape index (κ2) is 4.50. The van der Waals surface area contributed by atoms with Crippen LogP contribution < -0.4 is 10.2 Å². The SMILES string of the molecule is c1cn(-c2cncc(N3CCNCC3)n2)cn1. The minimum absolute atomic E-state index is 0.804. The number of nitrogens with zero attached hydrogens (tertiary/aromatic N) is 5. The minimum Gasteiger partial charge on any atom is -0.353 e. The van der Waals surface area contributed by atoms with Crippen LogP contribution in [0.4, 0.5) is 5.82 Å². The quantitative estimate of drug-likeness (QED) is 0.791. The van der Waals surface area contributed by atoms with Gasteiger partial charge >= 0.3 is 0 Å². The lowest BCUT2D eigenvalue weighted by atomic mass is 10.3. The van der Waals surface area contributed by atoms with Gasteiger partial charge in [-0.15, -0.1) is 0 Å². The maximum Gasteiger partial charge on any atom is 0.158 e. The van der Waals surface area contributed by atoms with Crippen LogP contribution >= 0.6 is 0 Å². The maximum absolute atomic E-state index is 4.60. The Bertz CT molecular complexity index is 474. The van der Waals surface area contributed by atoms with Gasteiger partial charge in [-0.3, -0.25) is 9.55 Å². The Kier molecular flexibility index (Phi) is 2.71. The molecule has 0 unspecified atom stereocenters. The number of aromatic nitrogens is 4. The Morgan fingerprint density at radius 1 is 1.06 bits per heavy atom. The summed E-state index contributed by atoms with van der Waals surface area (Å²) in [5.74, 6) is 1.73. The second-order valence-corrected chi connectivity index (χ2v) is 3.94. The molecule has 3 rings (SSSR count). The van der Waals surface area contributed by atoms with Crippen molar-refractivity contribution >= 4 is 5.82 Å². The van der Waals surface area contributed by atoms with Crippen molar-refractivity contribution in [3.8, 4) is 5.82 Å². The largest absolute Gasteiger partial charge is 0.353 e. The van der Waals surface area contributed by atoms with Crippen LogP contribution in [0.3, 0.4) is 0 Å². The molecule has 1 aliphatic rings. The van der Waals surface area contributed by atoms with E-state index in [4.69, 9.17) is 0 Å². The summed E-state index contributed by atoms with van der Waals surface area (Å²) in [4.78, 5) is 15.1. The van der Waals surface area contributed by atoms with E-state index in [9.17, 15) is 0 Å². The van der Waals surface area contributed by atoms with Crippen molar-refractivity contribution < 1.29 is 0 Å². The van der Waals surface area contributed by atoms with Gasteiger partial charge in [0.05, 0.1) is 12.4 Å². The maximum atomic E-state index is 4.60. The molecule has 0 saturated carbocycles. The fraction of sp³-hybridized carbons (Fsp3) is 0.364. The molecule has 1 N–H and O–H groups in total. The van der Waals surface area contributed by atoms with Crippen LogP contribution in [-0.4, -0.2) is 45.7 Å². The topological polar surface area (TPSA) is 58.9 Å². The van der Waals surface area contributed by atoms with E-state index in [0.29, 0.717) is 0 Å². The highest BCUT2D eigenvalue weighted by atomic mass is 15.3. The molecule has 88 valence electrons. The highest BCUT2D eigenvalue weighted by Crippen LogP contribution is 2.12. The summed E-state index contributed by atoms with van der Waals surface area (Å²) in [6.45, 7) is 3.94. The summed E-state index contributed by atoms with van der Waals surface area (Å²) in [7, 11) is 0. The van der Waals surface area contributed by atoms with Gasteiger partial charge in [0.2, 0.25) is 0 Å². The molecule has 0 amide bonds. The fourth-order valence-electron chi connectivity index (χ4n) is 1.91. The molecule has 1 fully saturated rings. The lowest BCUT2D eigenvalue weighted by molar-refractivity contribution is 0.584. The highest BCUT2D eigenvalue weighted by molar-refractivity contribution is 5.40. The Morgan fingerprint density at radius 3 is 2.65 bits per heavy atom. The molecule has 0 aromatic carbocycles. The Morgan fingerprint density at radius 2 is 1.88 bits per heavy atom. The molecule has 3 heterocycles. The number of imidazole rings is 1. The average molecular weight is 230 g/mol. The monoisotopic (exact) mass is 230 g/mol. The number of hydrogen-bond acceptors (Lipinski definition) is 5. The van der Waals surface area contributed by atoms with E-state index in [0.717, 1.165) is 37.8 Å². The van der Waals surface area contributed by atoms with Crippen molar-refractivity contribution in [3.63, 3.8) is 0 Å². The first-order valence-electron chi connectivity index (χ1n) is 5.69. The number of piperazine rings is 1. The molecule has 0 aliphatic carbocycles. The number of rotatable bonds is 2. The van der Waals surface area contributed by atoms with Gasteiger partial charge in [0.15, 0.2) is 5.82 Å². The summed E-state index contributed by atoms with van der Waals surface area (Å²) in [6.07, 6.45) is 8.88. The van der Waals surface area contributed by atoms with Crippen molar-refractivity contribution in [1.82, 2.24) is 24.8 Å². The van der Waals surface area contributed by atoms with E-state index in [-0.39, 0.29) is 0 Å². The first kappa shape index (κ1) is 10.2. The van der Waals surface area contributed by atoms with E-state index in [1.165, 1.54) is 0 Å². The van der Waals surface area contributed by atoms with Gasteiger partial charge in [-0.2, -0.15) is 0 Å². The molecule has 17 heavy (non-hydrogen) atoms. The number of hydrogen-bond donors (Lipinski definition) is 1. The van der Waals surface area contributed by atoms with Crippen molar-refractivity contribution in [2.24, 2.45) is 0 Å². The molecule has 2 aromatic rings. The molecular weight excluding hydrogens is 216 g/mol. The van der Waals surface area contributed by atoms with Crippen molar-refractivity contribution in [3.05, 3.63) is 31.1 Å². The molecule has 6 nitrogen and oxygen atoms in total. The first-order chi connectivity index (χ1) is 8.43. The summed E-state index contributed by atoms with van der Waals surface area (Å²) < 4.78 is 1.86. The van der Waals surface area contributed by atoms with E-state index in [2.05, 4.69) is 25.2 Å². The van der Waals surface area contributed by atoms with Gasteiger partial charge in [-0.05, 0) is 0 Å². The van der Waals surface area contributed by atoms with Gasteiger partial charge < -0.3 is 10.2 Å². The van der Waals surface area contributed by atoms with E-state index < -0.39 is 0 Å². The third kappa shape index (κ3) is 2.12. The molecular formula is C11H14N6. The normalized spacial score (nSPS) is 16.1. The minimum atomic E-state index is 0.804. The fourth-order valence-corrected chi connectivity index (χ4v) is 1.91. The van der Waals surface area contributed by atoms with Crippen LogP contribution in [0, 0.1) is 0 Å². The second-order valence-electron chi connectivity index (χ2n) is 3.94. The van der Waals surface area contributed by atoms with Gasteiger partial charge in [0, 0.05) is 38.6 Å². The predicted molar refractivity (Wildman–Crippen MR) is 64.2 cm³/mol. The number of anilines is 1. The van der Waals surface area contributed by atoms with Crippen molar-refractivity contribution in [2.75, 3.05) is 31.1 Å². The third-order valence-corrected chi connectivity index (χ3v) is 2.82. The molecule has 0 radical (unpaired) electrons. The van der Waals surface area contributed by atoms with Crippen LogP contribution in [0.5, 0.6) is 0 Å². The van der Waals surface area contributed by atoms with Gasteiger partial charge in [-0.25, -0.2) is 9.97 Å². The molecule has 0 atom stereocenters. The highest BCUT2D eigenvalue weighted by Gasteiger charge is 2.12. The van der Waals surface area contributed by atoms with Gasteiger partial charge in [-0.1, -0.05) is 0 Å². The predicted octanol–water partition coefficient (Wildman–Crippen LogP) is 0.0719. The Balaban J connectivity index is 1.88. The standard InChI is InChI=1S/C11H14N6/c1-4-16(5-2-12-1)10-7-14-8-11(15-10)17-6-3-13-9-17/h3,6-9,12H,1-2,4-5H2. The van der Waals surface area contributed by atoms with Crippen LogP contribution in [-0.2, 0) is 0 Å². The van der Waals surface area contributed by atoms with Gasteiger partial charge in [0.1, 0.15) is 12.1 Å². The number of nitrogens with one attached hydrogen (secondary N) is 1. The summed E-state index contributed by atoms with van der Waals surface area (Å²) >= 11 is 0.